The Kier molecular flexibility index (Phi) is 10.2. The van der Waals surface area contributed by atoms with Gasteiger partial charge in [0.05, 0.1) is 18.2 Å². The number of fused-ring (bicyclic) bond motifs is 4. The van der Waals surface area contributed by atoms with E-state index in [1.54, 1.807) is 60.7 Å². The van der Waals surface area contributed by atoms with Crippen molar-refractivity contribution in [1.82, 2.24) is 15.2 Å². The molecule has 3 saturated heterocycles. The van der Waals surface area contributed by atoms with E-state index in [-0.39, 0.29) is 17.4 Å². The van der Waals surface area contributed by atoms with Crippen molar-refractivity contribution in [2.45, 2.75) is 49.9 Å². The zero-order chi connectivity index (χ0) is 32.8. The van der Waals surface area contributed by atoms with E-state index in [1.807, 2.05) is 6.07 Å². The molecule has 0 radical (unpaired) electrons. The first kappa shape index (κ1) is 32.7. The number of ether oxygens (including phenoxy) is 2. The highest BCUT2D eigenvalue weighted by molar-refractivity contribution is 5.87. The van der Waals surface area contributed by atoms with Gasteiger partial charge in [-0.1, -0.05) is 48.5 Å². The molecule has 2 bridgehead atoms. The summed E-state index contributed by atoms with van der Waals surface area (Å²) in [6.45, 7) is 4.36. The Hall–Kier alpha value is -4.22. The van der Waals surface area contributed by atoms with Crippen LogP contribution in [0.2, 0.25) is 0 Å². The second kappa shape index (κ2) is 14.7. The minimum Gasteiger partial charge on any atom is -0.506 e. The number of phenols is 1. The lowest BCUT2D eigenvalue weighted by Crippen LogP contribution is -2.53. The summed E-state index contributed by atoms with van der Waals surface area (Å²) in [6.07, 6.45) is 3.66. The van der Waals surface area contributed by atoms with E-state index in [0.717, 1.165) is 45.2 Å². The van der Waals surface area contributed by atoms with Gasteiger partial charge in [0.15, 0.2) is 0 Å². The van der Waals surface area contributed by atoms with Crippen LogP contribution < -0.4 is 15.6 Å². The molecule has 4 heterocycles. The van der Waals surface area contributed by atoms with Crippen molar-refractivity contribution in [3.05, 3.63) is 106 Å². The molecular weight excluding hydrogens is 598 g/mol. The molecule has 47 heavy (non-hydrogen) atoms. The fourth-order valence-electron chi connectivity index (χ4n) is 6.76. The maximum atomic E-state index is 13.6. The number of aliphatic hydroxyl groups is 2. The third kappa shape index (κ3) is 7.36. The van der Waals surface area contributed by atoms with Gasteiger partial charge in [0.25, 0.3) is 0 Å². The van der Waals surface area contributed by atoms with Crippen LogP contribution in [-0.2, 0) is 15.1 Å². The Morgan fingerprint density at radius 2 is 1.70 bits per heavy atom. The fraction of sp³-hybridized carbons (Fsp3) is 0.405. The molecular formula is C37H43N3O7. The number of pyridine rings is 1. The second-order valence-corrected chi connectivity index (χ2v) is 12.6. The fourth-order valence-corrected chi connectivity index (χ4v) is 6.76. The number of H-pyrrole nitrogens is 1. The number of aromatic amines is 1. The number of piperidine rings is 3. The van der Waals surface area contributed by atoms with Crippen molar-refractivity contribution in [2.24, 2.45) is 5.92 Å². The molecule has 0 amide bonds. The number of aliphatic hydroxyl groups excluding tert-OH is 1. The highest BCUT2D eigenvalue weighted by atomic mass is 16.6. The van der Waals surface area contributed by atoms with Crippen molar-refractivity contribution in [3.8, 4) is 11.5 Å². The minimum atomic E-state index is -1.93. The molecule has 248 valence electrons. The summed E-state index contributed by atoms with van der Waals surface area (Å²) in [5, 5.41) is 36.6. The van der Waals surface area contributed by atoms with Crippen LogP contribution in [0, 0.1) is 5.92 Å². The average molecular weight is 642 g/mol. The highest BCUT2D eigenvalue weighted by Crippen LogP contribution is 2.36. The van der Waals surface area contributed by atoms with E-state index in [0.29, 0.717) is 65.5 Å². The van der Waals surface area contributed by atoms with Crippen LogP contribution >= 0.6 is 0 Å². The molecule has 3 atom stereocenters. The first-order chi connectivity index (χ1) is 22.8. The predicted molar refractivity (Wildman–Crippen MR) is 178 cm³/mol. The summed E-state index contributed by atoms with van der Waals surface area (Å²) in [5.41, 5.74) is -0.392. The summed E-state index contributed by atoms with van der Waals surface area (Å²) in [6, 6.07) is 22.1. The van der Waals surface area contributed by atoms with Gasteiger partial charge in [0.2, 0.25) is 11.2 Å². The van der Waals surface area contributed by atoms with E-state index in [9.17, 15) is 24.9 Å². The SMILES string of the molecule is O=C(O[C@@H]1CN2CCC1CC2)C(O)(c1ccccc1)c1ccc(OCCCCCNC[C@H](O)c2ccc(O)c3[nH]c(=O)ccc23)cc1. The number of aromatic hydroxyl groups is 1. The van der Waals surface area contributed by atoms with Gasteiger partial charge in [0.1, 0.15) is 17.6 Å². The van der Waals surface area contributed by atoms with Gasteiger partial charge in [-0.3, -0.25) is 9.69 Å². The predicted octanol–water partition coefficient (Wildman–Crippen LogP) is 3.98. The molecule has 5 N–H and O–H groups in total. The lowest BCUT2D eigenvalue weighted by Gasteiger charge is -2.44. The normalized spacial score (nSPS) is 20.9. The summed E-state index contributed by atoms with van der Waals surface area (Å²) in [5.74, 6) is 0.305. The Labute approximate surface area is 274 Å². The van der Waals surface area contributed by atoms with E-state index >= 15 is 0 Å². The number of nitrogens with zero attached hydrogens (tertiary/aromatic N) is 1. The monoisotopic (exact) mass is 641 g/mol. The Morgan fingerprint density at radius 3 is 2.43 bits per heavy atom. The number of carbonyl (C=O) groups excluding carboxylic acids is 1. The molecule has 0 aliphatic carbocycles. The third-order valence-electron chi connectivity index (χ3n) is 9.48. The van der Waals surface area contributed by atoms with Crippen LogP contribution in [0.1, 0.15) is 54.9 Å². The van der Waals surface area contributed by atoms with E-state index in [4.69, 9.17) is 9.47 Å². The van der Waals surface area contributed by atoms with Gasteiger partial charge in [-0.05, 0) is 98.6 Å². The van der Waals surface area contributed by atoms with Gasteiger partial charge in [-0.2, -0.15) is 0 Å². The van der Waals surface area contributed by atoms with Gasteiger partial charge in [-0.25, -0.2) is 4.79 Å². The molecule has 1 unspecified atom stereocenters. The number of unbranched alkanes of at least 4 members (excludes halogenated alkanes) is 2. The lowest BCUT2D eigenvalue weighted by atomic mass is 9.84. The van der Waals surface area contributed by atoms with Crippen LogP contribution in [0.25, 0.3) is 10.9 Å². The van der Waals surface area contributed by atoms with E-state index in [2.05, 4.69) is 15.2 Å². The molecule has 4 aromatic rings. The third-order valence-corrected chi connectivity index (χ3v) is 9.48. The molecule has 0 saturated carbocycles. The number of aromatic nitrogens is 1. The number of benzene rings is 3. The molecule has 3 aromatic carbocycles. The van der Waals surface area contributed by atoms with Crippen molar-refractivity contribution >= 4 is 16.9 Å². The maximum Gasteiger partial charge on any atom is 0.348 e. The first-order valence-electron chi connectivity index (χ1n) is 16.5. The van der Waals surface area contributed by atoms with Crippen molar-refractivity contribution in [2.75, 3.05) is 39.3 Å². The Bertz CT molecular complexity index is 1700. The maximum absolute atomic E-state index is 13.6. The molecule has 10 heteroatoms. The number of hydrogen-bond acceptors (Lipinski definition) is 9. The van der Waals surface area contributed by atoms with Gasteiger partial charge in [0, 0.05) is 24.5 Å². The van der Waals surface area contributed by atoms with Crippen LogP contribution in [0.5, 0.6) is 11.5 Å². The molecule has 3 fully saturated rings. The van der Waals surface area contributed by atoms with E-state index in [1.165, 1.54) is 12.1 Å². The number of hydrogen-bond donors (Lipinski definition) is 5. The molecule has 1 aromatic heterocycles. The van der Waals surface area contributed by atoms with E-state index < -0.39 is 17.7 Å². The van der Waals surface area contributed by atoms with Crippen LogP contribution in [0.15, 0.2) is 83.7 Å². The zero-order valence-electron chi connectivity index (χ0n) is 26.4. The van der Waals surface area contributed by atoms with Crippen LogP contribution in [0.4, 0.5) is 0 Å². The van der Waals surface area contributed by atoms with Gasteiger partial charge < -0.3 is 35.1 Å². The van der Waals surface area contributed by atoms with Gasteiger partial charge >= 0.3 is 5.97 Å². The summed E-state index contributed by atoms with van der Waals surface area (Å²) in [4.78, 5) is 30.2. The standard InChI is InChI=1S/C37H43N3O7/c41-31-15-13-29(30-14-16-34(43)39-35(30)31)32(42)23-38-19-5-2-6-22-46-28-11-9-27(10-12-28)37(45,26-7-3-1-4-8-26)36(44)47-33-24-40-20-17-25(33)18-21-40/h1,3-4,7-16,25,32-33,38,41-42,45H,2,5-6,17-24H2,(H,39,43)/t32-,33+,37?/m0/s1. The van der Waals surface area contributed by atoms with Crippen LogP contribution in [0.3, 0.4) is 0 Å². The smallest absolute Gasteiger partial charge is 0.348 e. The largest absolute Gasteiger partial charge is 0.506 e. The molecule has 0 spiro atoms. The van der Waals surface area contributed by atoms with Crippen molar-refractivity contribution < 1.29 is 29.6 Å². The van der Waals surface area contributed by atoms with Crippen LogP contribution in [-0.4, -0.2) is 76.6 Å². The lowest BCUT2D eigenvalue weighted by molar-refractivity contribution is -0.177. The summed E-state index contributed by atoms with van der Waals surface area (Å²) < 4.78 is 12.0. The second-order valence-electron chi connectivity index (χ2n) is 12.6. The van der Waals surface area contributed by atoms with Crippen molar-refractivity contribution in [1.29, 1.82) is 0 Å². The first-order valence-corrected chi connectivity index (χ1v) is 16.5. The van der Waals surface area contributed by atoms with Gasteiger partial charge in [-0.15, -0.1) is 0 Å². The molecule has 3 aliphatic rings. The average Bonchev–Trinajstić information content (AvgIpc) is 3.10. The topological polar surface area (TPSA) is 144 Å². The molecule has 7 rings (SSSR count). The Balaban J connectivity index is 0.963. The minimum absolute atomic E-state index is 0.0342. The Morgan fingerprint density at radius 1 is 0.957 bits per heavy atom. The molecule has 10 nitrogen and oxygen atoms in total. The summed E-state index contributed by atoms with van der Waals surface area (Å²) >= 11 is 0. The highest BCUT2D eigenvalue weighted by Gasteiger charge is 2.45. The number of phenolic OH excluding ortho intramolecular Hbond substituents is 1. The number of esters is 1. The van der Waals surface area contributed by atoms with Crippen molar-refractivity contribution in [3.63, 3.8) is 0 Å². The number of rotatable bonds is 14. The number of carbonyl (C=O) groups is 1. The molecule has 3 aliphatic heterocycles. The quantitative estimate of drug-likeness (QED) is 0.102. The summed E-state index contributed by atoms with van der Waals surface area (Å²) in [7, 11) is 0. The zero-order valence-corrected chi connectivity index (χ0v) is 26.4. The number of nitrogens with one attached hydrogen (secondary N) is 2.